The first kappa shape index (κ1) is 14.2. The average molecular weight is 273 g/mol. The van der Waals surface area contributed by atoms with Gasteiger partial charge in [-0.05, 0) is 6.92 Å². The zero-order valence-electron chi connectivity index (χ0n) is 11.5. The predicted octanol–water partition coefficient (Wildman–Crippen LogP) is -0.558. The molecule has 0 saturated carbocycles. The van der Waals surface area contributed by atoms with Crippen molar-refractivity contribution in [1.82, 2.24) is 5.32 Å². The van der Waals surface area contributed by atoms with Crippen molar-refractivity contribution < 1.29 is 28.5 Å². The minimum atomic E-state index is -1.64. The molecule has 0 spiro atoms. The summed E-state index contributed by atoms with van der Waals surface area (Å²) in [4.78, 5) is 24.3. The fourth-order valence-corrected chi connectivity index (χ4v) is 3.08. The van der Waals surface area contributed by atoms with Crippen LogP contribution in [-0.4, -0.2) is 57.2 Å². The molecule has 2 heterocycles. The van der Waals surface area contributed by atoms with E-state index in [0.29, 0.717) is 13.0 Å². The molecule has 0 aliphatic carbocycles. The minimum absolute atomic E-state index is 0.0318. The molecule has 0 aromatic heterocycles. The van der Waals surface area contributed by atoms with Gasteiger partial charge >= 0.3 is 11.9 Å². The van der Waals surface area contributed by atoms with Crippen molar-refractivity contribution in [3.05, 3.63) is 0 Å². The van der Waals surface area contributed by atoms with Crippen molar-refractivity contribution in [2.75, 3.05) is 27.9 Å². The molecule has 2 aliphatic rings. The molecule has 7 nitrogen and oxygen atoms in total. The van der Waals surface area contributed by atoms with E-state index in [2.05, 4.69) is 5.32 Å². The van der Waals surface area contributed by atoms with Crippen LogP contribution in [0.2, 0.25) is 0 Å². The third kappa shape index (κ3) is 1.69. The number of ether oxygens (including phenoxy) is 4. The Morgan fingerprint density at radius 2 is 1.79 bits per heavy atom. The summed E-state index contributed by atoms with van der Waals surface area (Å²) in [5.41, 5.74) is -2.69. The summed E-state index contributed by atoms with van der Waals surface area (Å²) in [6, 6.07) is 0. The van der Waals surface area contributed by atoms with Crippen molar-refractivity contribution in [3.8, 4) is 0 Å². The molecule has 0 unspecified atom stereocenters. The molecule has 0 amide bonds. The van der Waals surface area contributed by atoms with Crippen molar-refractivity contribution in [2.45, 2.75) is 30.8 Å². The summed E-state index contributed by atoms with van der Waals surface area (Å²) in [5.74, 6) is -1.45. The van der Waals surface area contributed by atoms with Gasteiger partial charge < -0.3 is 18.9 Å². The van der Waals surface area contributed by atoms with Crippen LogP contribution in [0.25, 0.3) is 0 Å². The SMILES string of the molecule is COC(=O)C1(C(=O)OC)NC[C@@H]2C[C@@H](OC)O[C@@]21C. The number of carbonyl (C=O) groups excluding carboxylic acids is 2. The van der Waals surface area contributed by atoms with Crippen LogP contribution < -0.4 is 5.32 Å². The topological polar surface area (TPSA) is 83.1 Å². The van der Waals surface area contributed by atoms with Gasteiger partial charge in [0.1, 0.15) is 5.60 Å². The first-order valence-corrected chi connectivity index (χ1v) is 6.08. The standard InChI is InChI=1S/C12H19NO6/c1-11-7(5-8(16-2)19-11)6-13-12(11,9(14)17-3)10(15)18-4/h7-8,13H,5-6H2,1-4H3/t7-,8-,11-/m0/s1. The Morgan fingerprint density at radius 3 is 2.26 bits per heavy atom. The van der Waals surface area contributed by atoms with E-state index in [1.807, 2.05) is 0 Å². The van der Waals surface area contributed by atoms with Crippen LogP contribution in [0.1, 0.15) is 13.3 Å². The van der Waals surface area contributed by atoms with Gasteiger partial charge in [0.25, 0.3) is 0 Å². The fourth-order valence-electron chi connectivity index (χ4n) is 3.08. The van der Waals surface area contributed by atoms with E-state index in [1.165, 1.54) is 21.3 Å². The van der Waals surface area contributed by atoms with Gasteiger partial charge in [0.15, 0.2) is 6.29 Å². The Hall–Kier alpha value is -1.18. The number of esters is 2. The van der Waals surface area contributed by atoms with Gasteiger partial charge in [-0.15, -0.1) is 0 Å². The zero-order valence-corrected chi connectivity index (χ0v) is 11.5. The van der Waals surface area contributed by atoms with Gasteiger partial charge in [0.05, 0.1) is 14.2 Å². The lowest BCUT2D eigenvalue weighted by Gasteiger charge is -2.37. The molecule has 0 bridgehead atoms. The molecule has 2 fully saturated rings. The second kappa shape index (κ2) is 4.73. The zero-order chi connectivity index (χ0) is 14.3. The normalized spacial score (nSPS) is 35.8. The largest absolute Gasteiger partial charge is 0.467 e. The number of hydrogen-bond donors (Lipinski definition) is 1. The Kier molecular flexibility index (Phi) is 3.55. The summed E-state index contributed by atoms with van der Waals surface area (Å²) in [6.07, 6.45) is 0.168. The second-order valence-electron chi connectivity index (χ2n) is 4.94. The van der Waals surface area contributed by atoms with Gasteiger partial charge in [0, 0.05) is 26.0 Å². The molecular formula is C12H19NO6. The summed E-state index contributed by atoms with van der Waals surface area (Å²) in [5, 5.41) is 2.93. The van der Waals surface area contributed by atoms with Gasteiger partial charge in [-0.1, -0.05) is 0 Å². The van der Waals surface area contributed by atoms with Crippen LogP contribution in [0.15, 0.2) is 0 Å². The van der Waals surface area contributed by atoms with Crippen molar-refractivity contribution >= 4 is 11.9 Å². The number of methoxy groups -OCH3 is 3. The first-order valence-electron chi connectivity index (χ1n) is 6.08. The van der Waals surface area contributed by atoms with Crippen LogP contribution in [0.3, 0.4) is 0 Å². The maximum Gasteiger partial charge on any atom is 0.340 e. The molecule has 19 heavy (non-hydrogen) atoms. The Bertz CT molecular complexity index is 382. The van der Waals surface area contributed by atoms with Gasteiger partial charge in [-0.25, -0.2) is 9.59 Å². The smallest absolute Gasteiger partial charge is 0.340 e. The molecule has 108 valence electrons. The monoisotopic (exact) mass is 273 g/mol. The van der Waals surface area contributed by atoms with Gasteiger partial charge in [0.2, 0.25) is 5.54 Å². The number of rotatable bonds is 3. The molecule has 0 aromatic rings. The summed E-state index contributed by atoms with van der Waals surface area (Å²) in [7, 11) is 3.99. The lowest BCUT2D eigenvalue weighted by Crippen LogP contribution is -2.68. The Balaban J connectivity index is 2.44. The highest BCUT2D eigenvalue weighted by Gasteiger charge is 2.72. The highest BCUT2D eigenvalue weighted by atomic mass is 16.7. The molecule has 2 rings (SSSR count). The van der Waals surface area contributed by atoms with Gasteiger partial charge in [-0.2, -0.15) is 0 Å². The molecule has 1 N–H and O–H groups in total. The summed E-state index contributed by atoms with van der Waals surface area (Å²) in [6.45, 7) is 2.17. The molecule has 0 aromatic carbocycles. The Labute approximate surface area is 111 Å². The fraction of sp³-hybridized carbons (Fsp3) is 0.833. The van der Waals surface area contributed by atoms with Crippen LogP contribution in [0, 0.1) is 5.92 Å². The predicted molar refractivity (Wildman–Crippen MR) is 63.2 cm³/mol. The van der Waals surface area contributed by atoms with Crippen molar-refractivity contribution in [2.24, 2.45) is 5.92 Å². The van der Waals surface area contributed by atoms with E-state index in [9.17, 15) is 9.59 Å². The lowest BCUT2D eigenvalue weighted by atomic mass is 9.77. The van der Waals surface area contributed by atoms with Gasteiger partial charge in [-0.3, -0.25) is 5.32 Å². The average Bonchev–Trinajstić information content (AvgIpc) is 2.88. The quantitative estimate of drug-likeness (QED) is 0.545. The maximum atomic E-state index is 12.2. The maximum absolute atomic E-state index is 12.2. The van der Waals surface area contributed by atoms with Crippen LogP contribution in [0.5, 0.6) is 0 Å². The van der Waals surface area contributed by atoms with Crippen molar-refractivity contribution in [3.63, 3.8) is 0 Å². The van der Waals surface area contributed by atoms with E-state index in [4.69, 9.17) is 18.9 Å². The first-order chi connectivity index (χ1) is 8.96. The molecular weight excluding hydrogens is 254 g/mol. The second-order valence-corrected chi connectivity index (χ2v) is 4.94. The lowest BCUT2D eigenvalue weighted by molar-refractivity contribution is -0.198. The van der Waals surface area contributed by atoms with Crippen LogP contribution in [0.4, 0.5) is 0 Å². The highest BCUT2D eigenvalue weighted by Crippen LogP contribution is 2.48. The highest BCUT2D eigenvalue weighted by molar-refractivity contribution is 6.07. The molecule has 2 aliphatic heterocycles. The van der Waals surface area contributed by atoms with E-state index < -0.39 is 29.4 Å². The van der Waals surface area contributed by atoms with E-state index in [1.54, 1.807) is 6.92 Å². The minimum Gasteiger partial charge on any atom is -0.467 e. The Morgan fingerprint density at radius 1 is 1.21 bits per heavy atom. The van der Waals surface area contributed by atoms with Crippen LogP contribution in [-0.2, 0) is 28.5 Å². The molecule has 3 atom stereocenters. The van der Waals surface area contributed by atoms with Crippen molar-refractivity contribution in [1.29, 1.82) is 0 Å². The number of carbonyl (C=O) groups is 2. The van der Waals surface area contributed by atoms with Crippen LogP contribution >= 0.6 is 0 Å². The third-order valence-corrected chi connectivity index (χ3v) is 4.24. The van der Waals surface area contributed by atoms with E-state index in [-0.39, 0.29) is 5.92 Å². The number of nitrogens with one attached hydrogen (secondary N) is 1. The number of hydrogen-bond acceptors (Lipinski definition) is 7. The van der Waals surface area contributed by atoms with E-state index >= 15 is 0 Å². The third-order valence-electron chi connectivity index (χ3n) is 4.24. The number of fused-ring (bicyclic) bond motifs is 1. The van der Waals surface area contributed by atoms with E-state index in [0.717, 1.165) is 0 Å². The summed E-state index contributed by atoms with van der Waals surface area (Å²) < 4.78 is 20.5. The molecule has 0 radical (unpaired) electrons. The summed E-state index contributed by atoms with van der Waals surface area (Å²) >= 11 is 0. The molecule has 7 heteroatoms. The molecule has 2 saturated heterocycles.